The van der Waals surface area contributed by atoms with Crippen molar-refractivity contribution in [2.45, 2.75) is 70.1 Å². The summed E-state index contributed by atoms with van der Waals surface area (Å²) in [5.74, 6) is -5.05. The number of hydrogen-bond donors (Lipinski definition) is 8. The Morgan fingerprint density at radius 1 is 0.875 bits per heavy atom. The zero-order chi connectivity index (χ0) is 24.8. The van der Waals surface area contributed by atoms with Gasteiger partial charge >= 0.3 is 11.9 Å². The number of carboxylic acid groups (broad SMARTS) is 2. The third-order valence-electron chi connectivity index (χ3n) is 4.45. The minimum Gasteiger partial charge on any atom is -0.481 e. The molecule has 0 aromatic carbocycles. The zero-order valence-electron chi connectivity index (χ0n) is 18.4. The van der Waals surface area contributed by atoms with Gasteiger partial charge in [-0.05, 0) is 38.1 Å². The van der Waals surface area contributed by atoms with E-state index in [1.54, 1.807) is 0 Å². The molecule has 0 aliphatic heterocycles. The Labute approximate surface area is 192 Å². The van der Waals surface area contributed by atoms with E-state index in [9.17, 15) is 24.0 Å². The first-order chi connectivity index (χ1) is 14.9. The molecule has 32 heavy (non-hydrogen) atoms. The second-order valence-corrected chi connectivity index (χ2v) is 8.19. The normalized spacial score (nSPS) is 14.7. The van der Waals surface area contributed by atoms with Gasteiger partial charge in [0.1, 0.15) is 18.1 Å². The standard InChI is InChI=1S/C19H35N5O7S/c1-10(2)7-11(21)16(27)22-12(5-3-4-6-20)17(28)24-14(9-32)18(29)23-13(19(30)31)8-15(25)26/h10-14,32H,3-9,20-21H2,1-2H3,(H,22,27)(H,23,29)(H,24,28)(H,25,26)(H,30,31). The quantitative estimate of drug-likeness (QED) is 0.0950. The topological polar surface area (TPSA) is 214 Å². The van der Waals surface area contributed by atoms with Gasteiger partial charge in [-0.1, -0.05) is 13.8 Å². The number of aliphatic carboxylic acids is 2. The van der Waals surface area contributed by atoms with Crippen molar-refractivity contribution in [2.24, 2.45) is 17.4 Å². The average molecular weight is 478 g/mol. The van der Waals surface area contributed by atoms with E-state index in [4.69, 9.17) is 21.7 Å². The number of rotatable bonds is 16. The second-order valence-electron chi connectivity index (χ2n) is 7.82. The number of amides is 3. The van der Waals surface area contributed by atoms with E-state index in [0.717, 1.165) is 0 Å². The summed E-state index contributed by atoms with van der Waals surface area (Å²) in [5.41, 5.74) is 11.4. The third-order valence-corrected chi connectivity index (χ3v) is 4.82. The largest absolute Gasteiger partial charge is 0.481 e. The molecule has 0 radical (unpaired) electrons. The van der Waals surface area contributed by atoms with Crippen LogP contribution >= 0.6 is 12.6 Å². The Hall–Kier alpha value is -2.38. The lowest BCUT2D eigenvalue weighted by Crippen LogP contribution is -2.57. The minimum absolute atomic E-state index is 0.172. The Bertz CT molecular complexity index is 662. The highest BCUT2D eigenvalue weighted by Gasteiger charge is 2.30. The van der Waals surface area contributed by atoms with Crippen molar-refractivity contribution in [3.8, 4) is 0 Å². The molecule has 12 nitrogen and oxygen atoms in total. The number of nitrogens with one attached hydrogen (secondary N) is 3. The zero-order valence-corrected chi connectivity index (χ0v) is 19.3. The summed E-state index contributed by atoms with van der Waals surface area (Å²) >= 11 is 4.00. The van der Waals surface area contributed by atoms with Crippen molar-refractivity contribution in [3.63, 3.8) is 0 Å². The molecular weight excluding hydrogens is 442 g/mol. The van der Waals surface area contributed by atoms with Crippen LogP contribution in [0.25, 0.3) is 0 Å². The summed E-state index contributed by atoms with van der Waals surface area (Å²) in [4.78, 5) is 59.5. The molecule has 0 aliphatic rings. The average Bonchev–Trinajstić information content (AvgIpc) is 2.69. The van der Waals surface area contributed by atoms with Gasteiger partial charge in [-0.2, -0.15) is 12.6 Å². The molecule has 0 spiro atoms. The highest BCUT2D eigenvalue weighted by molar-refractivity contribution is 7.80. The van der Waals surface area contributed by atoms with E-state index >= 15 is 0 Å². The van der Waals surface area contributed by atoms with E-state index in [1.165, 1.54) is 0 Å². The number of unbranched alkanes of at least 4 members (excludes halogenated alkanes) is 1. The Morgan fingerprint density at radius 2 is 1.41 bits per heavy atom. The summed E-state index contributed by atoms with van der Waals surface area (Å²) in [6, 6.07) is -4.72. The molecule has 0 fully saturated rings. The maximum absolute atomic E-state index is 12.8. The smallest absolute Gasteiger partial charge is 0.326 e. The molecule has 4 unspecified atom stereocenters. The van der Waals surface area contributed by atoms with E-state index < -0.39 is 60.2 Å². The lowest BCUT2D eigenvalue weighted by atomic mass is 10.0. The molecule has 184 valence electrons. The summed E-state index contributed by atoms with van der Waals surface area (Å²) in [5, 5.41) is 24.9. The summed E-state index contributed by atoms with van der Waals surface area (Å²) < 4.78 is 0. The van der Waals surface area contributed by atoms with E-state index in [0.29, 0.717) is 25.8 Å². The minimum atomic E-state index is -1.67. The lowest BCUT2D eigenvalue weighted by molar-refractivity contribution is -0.147. The van der Waals surface area contributed by atoms with Crippen molar-refractivity contribution >= 4 is 42.3 Å². The van der Waals surface area contributed by atoms with Crippen molar-refractivity contribution < 1.29 is 34.2 Å². The van der Waals surface area contributed by atoms with Crippen LogP contribution in [0, 0.1) is 5.92 Å². The van der Waals surface area contributed by atoms with Gasteiger partial charge in [0.2, 0.25) is 17.7 Å². The van der Waals surface area contributed by atoms with Crippen LogP contribution in [0.15, 0.2) is 0 Å². The highest BCUT2D eigenvalue weighted by atomic mass is 32.1. The van der Waals surface area contributed by atoms with Crippen LogP contribution in [0.5, 0.6) is 0 Å². The molecule has 0 bridgehead atoms. The Kier molecular flexibility index (Phi) is 14.3. The molecular formula is C19H35N5O7S. The lowest BCUT2D eigenvalue weighted by Gasteiger charge is -2.24. The van der Waals surface area contributed by atoms with Gasteiger partial charge in [0.25, 0.3) is 0 Å². The molecule has 4 atom stereocenters. The number of hydrogen-bond acceptors (Lipinski definition) is 8. The number of carbonyl (C=O) groups excluding carboxylic acids is 3. The van der Waals surface area contributed by atoms with Gasteiger partial charge < -0.3 is 37.6 Å². The molecule has 9 N–H and O–H groups in total. The molecule has 0 aromatic rings. The Balaban J connectivity index is 5.25. The van der Waals surface area contributed by atoms with Crippen LogP contribution in [0.4, 0.5) is 0 Å². The molecule has 0 aromatic heterocycles. The molecule has 3 amide bonds. The number of nitrogens with two attached hydrogens (primary N) is 2. The number of carboxylic acids is 2. The monoisotopic (exact) mass is 477 g/mol. The van der Waals surface area contributed by atoms with Crippen LogP contribution in [0.2, 0.25) is 0 Å². The van der Waals surface area contributed by atoms with Crippen LogP contribution < -0.4 is 27.4 Å². The maximum Gasteiger partial charge on any atom is 0.326 e. The Morgan fingerprint density at radius 3 is 1.88 bits per heavy atom. The van der Waals surface area contributed by atoms with Crippen molar-refractivity contribution in [1.29, 1.82) is 0 Å². The van der Waals surface area contributed by atoms with E-state index in [1.807, 2.05) is 13.8 Å². The van der Waals surface area contributed by atoms with Crippen molar-refractivity contribution in [1.82, 2.24) is 16.0 Å². The first-order valence-corrected chi connectivity index (χ1v) is 11.0. The SMILES string of the molecule is CC(C)CC(N)C(=O)NC(CCCCN)C(=O)NC(CS)C(=O)NC(CC(=O)O)C(=O)O. The fourth-order valence-electron chi connectivity index (χ4n) is 2.77. The molecule has 13 heteroatoms. The predicted octanol–water partition coefficient (Wildman–Crippen LogP) is -1.57. The molecule has 0 saturated heterocycles. The highest BCUT2D eigenvalue weighted by Crippen LogP contribution is 2.06. The third kappa shape index (κ3) is 11.9. The van der Waals surface area contributed by atoms with Crippen LogP contribution in [0.3, 0.4) is 0 Å². The van der Waals surface area contributed by atoms with Gasteiger partial charge in [-0.25, -0.2) is 4.79 Å². The predicted molar refractivity (Wildman–Crippen MR) is 120 cm³/mol. The van der Waals surface area contributed by atoms with Crippen LogP contribution in [0.1, 0.15) is 46.0 Å². The molecule has 0 rings (SSSR count). The van der Waals surface area contributed by atoms with Crippen LogP contribution in [-0.2, 0) is 24.0 Å². The summed E-state index contributed by atoms with van der Waals surface area (Å²) in [7, 11) is 0. The van der Waals surface area contributed by atoms with Gasteiger partial charge in [-0.3, -0.25) is 19.2 Å². The maximum atomic E-state index is 12.8. The van der Waals surface area contributed by atoms with Crippen molar-refractivity contribution in [2.75, 3.05) is 12.3 Å². The summed E-state index contributed by atoms with van der Waals surface area (Å²) in [6.07, 6.45) is 0.987. The first kappa shape index (κ1) is 29.6. The van der Waals surface area contributed by atoms with Gasteiger partial charge in [0.05, 0.1) is 12.5 Å². The van der Waals surface area contributed by atoms with E-state index in [2.05, 4.69) is 28.6 Å². The number of carbonyl (C=O) groups is 5. The first-order valence-electron chi connectivity index (χ1n) is 10.3. The second kappa shape index (κ2) is 15.4. The summed E-state index contributed by atoms with van der Waals surface area (Å²) in [6.45, 7) is 4.21. The van der Waals surface area contributed by atoms with Gasteiger partial charge in [-0.15, -0.1) is 0 Å². The fraction of sp³-hybridized carbons (Fsp3) is 0.737. The molecule has 0 aliphatic carbocycles. The van der Waals surface area contributed by atoms with Gasteiger partial charge in [0.15, 0.2) is 0 Å². The van der Waals surface area contributed by atoms with E-state index in [-0.39, 0.29) is 18.1 Å². The molecule has 0 heterocycles. The number of thiol groups is 1. The fourth-order valence-corrected chi connectivity index (χ4v) is 3.03. The van der Waals surface area contributed by atoms with Crippen molar-refractivity contribution in [3.05, 3.63) is 0 Å². The van der Waals surface area contributed by atoms with Crippen LogP contribution in [-0.4, -0.2) is 76.3 Å². The van der Waals surface area contributed by atoms with Gasteiger partial charge in [0, 0.05) is 5.75 Å². The molecule has 0 saturated carbocycles.